The third kappa shape index (κ3) is 5.18. The van der Waals surface area contributed by atoms with E-state index in [1.165, 1.54) is 0 Å². The van der Waals surface area contributed by atoms with E-state index in [9.17, 15) is 4.57 Å². The minimum Gasteiger partial charge on any atom is -0.149 e. The van der Waals surface area contributed by atoms with Crippen molar-refractivity contribution in [1.29, 1.82) is 0 Å². The summed E-state index contributed by atoms with van der Waals surface area (Å²) in [6, 6.07) is 0. The van der Waals surface area contributed by atoms with Crippen molar-refractivity contribution in [2.75, 3.05) is 0 Å². The van der Waals surface area contributed by atoms with Gasteiger partial charge in [0.15, 0.2) is 0 Å². The molecule has 0 aromatic heterocycles. The molecule has 0 saturated carbocycles. The van der Waals surface area contributed by atoms with E-state index in [2.05, 4.69) is 6.42 Å². The van der Waals surface area contributed by atoms with Crippen LogP contribution in [0.3, 0.4) is 0 Å². The summed E-state index contributed by atoms with van der Waals surface area (Å²) in [5, 5.41) is 0. The normalized spacial score (nSPS) is 7.71. The predicted molar refractivity (Wildman–Crippen MR) is 26.4 cm³/mol. The lowest BCUT2D eigenvalue weighted by Gasteiger charge is -1.43. The molecule has 0 rings (SSSR count). The second kappa shape index (κ2) is 3.37. The highest BCUT2D eigenvalue weighted by Crippen LogP contribution is 2.06. The molecule has 0 radical (unpaired) electrons. The van der Waals surface area contributed by atoms with E-state index in [0.717, 1.165) is 0 Å². The molecule has 1 N–H and O–H groups in total. The van der Waals surface area contributed by atoms with Gasteiger partial charge in [0.2, 0.25) is 5.66 Å². The summed E-state index contributed by atoms with van der Waals surface area (Å²) >= 11 is 0. The van der Waals surface area contributed by atoms with Gasteiger partial charge in [-0.05, 0) is 10.5 Å². The van der Waals surface area contributed by atoms with Crippen LogP contribution < -0.4 is 0 Å². The van der Waals surface area contributed by atoms with Gasteiger partial charge in [0.25, 0.3) is 0 Å². The van der Waals surface area contributed by atoms with Crippen LogP contribution in [0.25, 0.3) is 0 Å². The summed E-state index contributed by atoms with van der Waals surface area (Å²) in [5.74, 6) is 3.89. The Hall–Kier alpha value is -0.820. The maximum atomic E-state index is 9.64. The van der Waals surface area contributed by atoms with Gasteiger partial charge < -0.3 is 0 Å². The molecule has 3 heteroatoms. The van der Waals surface area contributed by atoms with Crippen LogP contribution >= 0.6 is 8.03 Å². The Morgan fingerprint density at radius 2 is 2.29 bits per heavy atom. The minimum absolute atomic E-state index is 1.87. The van der Waals surface area contributed by atoms with Gasteiger partial charge in [-0.1, -0.05) is 0 Å². The van der Waals surface area contributed by atoms with Gasteiger partial charge in [-0.3, -0.25) is 0 Å². The number of hydrogen-bond donors (Lipinski definition) is 1. The first-order chi connectivity index (χ1) is 3.27. The first-order valence-electron chi connectivity index (χ1n) is 1.39. The predicted octanol–water partition coefficient (Wildman–Crippen LogP) is 0.315. The van der Waals surface area contributed by atoms with Gasteiger partial charge >= 0.3 is 8.03 Å². The molecular formula is C4H2O2P+. The quantitative estimate of drug-likeness (QED) is 0.362. The van der Waals surface area contributed by atoms with Gasteiger partial charge in [-0.25, -0.2) is 0 Å². The van der Waals surface area contributed by atoms with Gasteiger partial charge in [-0.15, -0.1) is 11.3 Å². The monoisotopic (exact) mass is 113 g/mol. The molecule has 0 heterocycles. The third-order valence-corrected chi connectivity index (χ3v) is 0.527. The molecule has 0 saturated heterocycles. The van der Waals surface area contributed by atoms with Gasteiger partial charge in [-0.2, -0.15) is 0 Å². The summed E-state index contributed by atoms with van der Waals surface area (Å²) in [7, 11) is -2.36. The zero-order valence-corrected chi connectivity index (χ0v) is 4.27. The van der Waals surface area contributed by atoms with Crippen molar-refractivity contribution in [3.63, 3.8) is 0 Å². The van der Waals surface area contributed by atoms with E-state index in [4.69, 9.17) is 4.89 Å². The maximum Gasteiger partial charge on any atom is 0.602 e. The summed E-state index contributed by atoms with van der Waals surface area (Å²) in [6.45, 7) is 0. The van der Waals surface area contributed by atoms with Crippen molar-refractivity contribution in [2.45, 2.75) is 0 Å². The number of hydrogen-bond acceptors (Lipinski definition) is 1. The fraction of sp³-hybridized carbons (Fsp3) is 0. The maximum absolute atomic E-state index is 9.64. The van der Waals surface area contributed by atoms with E-state index in [1.807, 2.05) is 17.5 Å². The molecule has 2 nitrogen and oxygen atoms in total. The van der Waals surface area contributed by atoms with Crippen molar-refractivity contribution in [2.24, 2.45) is 0 Å². The Balaban J connectivity index is 3.74. The second-order valence-corrected chi connectivity index (χ2v) is 1.42. The van der Waals surface area contributed by atoms with Crippen LogP contribution in [-0.2, 0) is 4.57 Å². The molecule has 0 aromatic carbocycles. The second-order valence-electron chi connectivity index (χ2n) is 0.654. The van der Waals surface area contributed by atoms with Crippen LogP contribution in [-0.4, -0.2) is 4.89 Å². The molecule has 0 spiro atoms. The lowest BCUT2D eigenvalue weighted by Crippen LogP contribution is -1.45. The number of terminal acetylenes is 1. The minimum atomic E-state index is -2.36. The molecule has 34 valence electrons. The standard InChI is InChI=1S/C4HO2P/c1-2-3-4-7(5)6/h1H/p+1. The Bertz CT molecular complexity index is 166. The summed E-state index contributed by atoms with van der Waals surface area (Å²) in [4.78, 5) is 7.92. The van der Waals surface area contributed by atoms with E-state index in [0.29, 0.717) is 0 Å². The first kappa shape index (κ1) is 6.18. The average molecular weight is 113 g/mol. The van der Waals surface area contributed by atoms with Crippen molar-refractivity contribution in [1.82, 2.24) is 0 Å². The summed E-state index contributed by atoms with van der Waals surface area (Å²) in [5.41, 5.74) is 1.87. The van der Waals surface area contributed by atoms with Crippen LogP contribution in [0, 0.1) is 23.9 Å². The molecule has 0 aliphatic rings. The molecule has 1 atom stereocenters. The highest BCUT2D eigenvalue weighted by atomic mass is 31.1. The van der Waals surface area contributed by atoms with Crippen LogP contribution in [0.5, 0.6) is 0 Å². The van der Waals surface area contributed by atoms with Gasteiger partial charge in [0.05, 0.1) is 0 Å². The SMILES string of the molecule is C#CC#C[P+](=O)O. The molecule has 0 bridgehead atoms. The lowest BCUT2D eigenvalue weighted by atomic mass is 10.7. The smallest absolute Gasteiger partial charge is 0.149 e. The third-order valence-electron chi connectivity index (χ3n) is 0.224. The van der Waals surface area contributed by atoms with E-state index in [-0.39, 0.29) is 0 Å². The molecule has 0 fully saturated rings. The van der Waals surface area contributed by atoms with Crippen molar-refractivity contribution < 1.29 is 9.46 Å². The van der Waals surface area contributed by atoms with Crippen LogP contribution in [0.1, 0.15) is 0 Å². The van der Waals surface area contributed by atoms with Gasteiger partial charge in [0, 0.05) is 5.92 Å². The largest absolute Gasteiger partial charge is 0.602 e. The molecule has 0 aromatic rings. The number of rotatable bonds is 0. The van der Waals surface area contributed by atoms with E-state index >= 15 is 0 Å². The first-order valence-corrected chi connectivity index (χ1v) is 2.61. The average Bonchev–Trinajstić information content (AvgIpc) is 1.61. The highest BCUT2D eigenvalue weighted by Gasteiger charge is 1.98. The fourth-order valence-electron chi connectivity index (χ4n) is 0.0801. The topological polar surface area (TPSA) is 37.3 Å². The van der Waals surface area contributed by atoms with E-state index in [1.54, 1.807) is 0 Å². The van der Waals surface area contributed by atoms with Crippen molar-refractivity contribution in [3.8, 4) is 23.9 Å². The Morgan fingerprint density at radius 1 is 1.71 bits per heavy atom. The van der Waals surface area contributed by atoms with Crippen molar-refractivity contribution in [3.05, 3.63) is 0 Å². The van der Waals surface area contributed by atoms with Crippen LogP contribution in [0.2, 0.25) is 0 Å². The Morgan fingerprint density at radius 3 is 2.43 bits per heavy atom. The Kier molecular flexibility index (Phi) is 2.98. The highest BCUT2D eigenvalue weighted by molar-refractivity contribution is 7.44. The summed E-state index contributed by atoms with van der Waals surface area (Å²) < 4.78 is 9.64. The molecular weight excluding hydrogens is 111 g/mol. The van der Waals surface area contributed by atoms with Crippen molar-refractivity contribution >= 4 is 8.03 Å². The lowest BCUT2D eigenvalue weighted by molar-refractivity contribution is 0.514. The molecule has 0 amide bonds. The zero-order valence-electron chi connectivity index (χ0n) is 3.38. The molecule has 0 aliphatic heterocycles. The molecule has 1 unspecified atom stereocenters. The fourth-order valence-corrected chi connectivity index (χ4v) is 0.240. The van der Waals surface area contributed by atoms with Crippen LogP contribution in [0.4, 0.5) is 0 Å². The molecule has 7 heavy (non-hydrogen) atoms. The van der Waals surface area contributed by atoms with E-state index < -0.39 is 8.03 Å². The van der Waals surface area contributed by atoms with Crippen LogP contribution in [0.15, 0.2) is 0 Å². The Labute approximate surface area is 42.4 Å². The van der Waals surface area contributed by atoms with Gasteiger partial charge in [0.1, 0.15) is 0 Å². The summed E-state index contributed by atoms with van der Waals surface area (Å²) in [6.07, 6.45) is 4.61. The zero-order chi connectivity index (χ0) is 5.70. The molecule has 0 aliphatic carbocycles.